The van der Waals surface area contributed by atoms with Gasteiger partial charge < -0.3 is 25.3 Å². The van der Waals surface area contributed by atoms with Crippen LogP contribution in [-0.4, -0.2) is 36.0 Å². The van der Waals surface area contributed by atoms with Crippen molar-refractivity contribution in [2.75, 3.05) is 13.9 Å². The number of ether oxygens (including phenoxy) is 2. The molecule has 6 nitrogen and oxygen atoms in total. The predicted molar refractivity (Wildman–Crippen MR) is 70.1 cm³/mol. The summed E-state index contributed by atoms with van der Waals surface area (Å²) in [6, 6.07) is 6.59. The molecule has 1 atom stereocenters. The van der Waals surface area contributed by atoms with Crippen LogP contribution in [0.1, 0.15) is 5.56 Å². The van der Waals surface area contributed by atoms with Crippen LogP contribution < -0.4 is 10.5 Å². The minimum absolute atomic E-state index is 0.0854. The highest BCUT2D eigenvalue weighted by Crippen LogP contribution is 2.29. The number of carboxylic acids is 1. The summed E-state index contributed by atoms with van der Waals surface area (Å²) in [5.74, 6) is -0.539. The quantitative estimate of drug-likeness (QED) is 0.679. The molecule has 0 saturated carbocycles. The molecule has 0 fully saturated rings. The molecule has 0 radical (unpaired) electrons. The highest BCUT2D eigenvalue weighted by atomic mass is 16.7. The van der Waals surface area contributed by atoms with Gasteiger partial charge in [0.15, 0.2) is 12.7 Å². The molecule has 0 bridgehead atoms. The van der Waals surface area contributed by atoms with Gasteiger partial charge in [-0.05, 0) is 6.07 Å². The summed E-state index contributed by atoms with van der Waals surface area (Å²) in [7, 11) is 1.52. The van der Waals surface area contributed by atoms with Gasteiger partial charge in [-0.25, -0.2) is 0 Å². The number of nitrogens with two attached hydrogens (primary N) is 1. The Morgan fingerprint density at radius 3 is 2.89 bits per heavy atom. The van der Waals surface area contributed by atoms with Crippen LogP contribution in [0.5, 0.6) is 5.88 Å². The van der Waals surface area contributed by atoms with Crippen molar-refractivity contribution in [1.82, 2.24) is 4.98 Å². The number of aromatic amines is 1. The van der Waals surface area contributed by atoms with Crippen LogP contribution in [0.2, 0.25) is 0 Å². The number of hydrogen-bond donors (Lipinski definition) is 3. The molecule has 1 heterocycles. The number of benzene rings is 1. The topological polar surface area (TPSA) is 97.6 Å². The molecule has 0 aliphatic carbocycles. The molecular weight excluding hydrogens is 248 g/mol. The fourth-order valence-corrected chi connectivity index (χ4v) is 1.93. The van der Waals surface area contributed by atoms with Crippen molar-refractivity contribution in [1.29, 1.82) is 0 Å². The van der Waals surface area contributed by atoms with Crippen LogP contribution in [0.3, 0.4) is 0 Å². The molecule has 4 N–H and O–H groups in total. The van der Waals surface area contributed by atoms with Crippen molar-refractivity contribution in [3.8, 4) is 5.88 Å². The monoisotopic (exact) mass is 264 g/mol. The molecule has 0 amide bonds. The number of fused-ring (bicyclic) bond motifs is 1. The van der Waals surface area contributed by atoms with Crippen LogP contribution in [-0.2, 0) is 16.0 Å². The third kappa shape index (κ3) is 2.86. The molecule has 2 aromatic rings. The molecule has 1 unspecified atom stereocenters. The van der Waals surface area contributed by atoms with Crippen LogP contribution in [0, 0.1) is 0 Å². The Morgan fingerprint density at radius 1 is 1.47 bits per heavy atom. The summed E-state index contributed by atoms with van der Waals surface area (Å²) < 4.78 is 10.3. The molecular formula is C13H16N2O4. The second kappa shape index (κ2) is 5.73. The molecule has 1 aromatic carbocycles. The maximum absolute atomic E-state index is 10.9. The highest BCUT2D eigenvalue weighted by molar-refractivity contribution is 5.87. The second-order valence-corrected chi connectivity index (χ2v) is 4.18. The summed E-state index contributed by atoms with van der Waals surface area (Å²) in [6.45, 7) is 0.0854. The van der Waals surface area contributed by atoms with E-state index < -0.39 is 12.0 Å². The first kappa shape index (κ1) is 13.4. The largest absolute Gasteiger partial charge is 0.480 e. The van der Waals surface area contributed by atoms with E-state index in [0.717, 1.165) is 16.5 Å². The summed E-state index contributed by atoms with van der Waals surface area (Å²) in [4.78, 5) is 14.0. The molecule has 6 heteroatoms. The van der Waals surface area contributed by atoms with Gasteiger partial charge in [0.05, 0.1) is 0 Å². The van der Waals surface area contributed by atoms with Gasteiger partial charge in [0.2, 0.25) is 0 Å². The zero-order chi connectivity index (χ0) is 13.8. The summed E-state index contributed by atoms with van der Waals surface area (Å²) in [5, 5.41) is 9.83. The lowest BCUT2D eigenvalue weighted by Crippen LogP contribution is -2.32. The van der Waals surface area contributed by atoms with Gasteiger partial charge in [0, 0.05) is 30.0 Å². The molecule has 0 aliphatic rings. The number of aromatic nitrogens is 1. The lowest BCUT2D eigenvalue weighted by molar-refractivity contribution is -0.138. The van der Waals surface area contributed by atoms with Crippen molar-refractivity contribution in [2.24, 2.45) is 5.73 Å². The minimum atomic E-state index is -1.04. The summed E-state index contributed by atoms with van der Waals surface area (Å²) in [5.41, 5.74) is 7.22. The standard InChI is InChI=1S/C13H16N2O4/c1-18-7-19-12-9(6-10(14)13(16)17)8-4-2-3-5-11(8)15-12/h2-5,10,15H,6-7,14H2,1H3,(H,16,17). The zero-order valence-electron chi connectivity index (χ0n) is 10.6. The van der Waals surface area contributed by atoms with E-state index in [1.807, 2.05) is 24.3 Å². The number of nitrogens with one attached hydrogen (secondary N) is 1. The van der Waals surface area contributed by atoms with Gasteiger partial charge in [-0.1, -0.05) is 18.2 Å². The lowest BCUT2D eigenvalue weighted by atomic mass is 10.1. The van der Waals surface area contributed by atoms with Crippen LogP contribution in [0.25, 0.3) is 10.9 Å². The van der Waals surface area contributed by atoms with Crippen molar-refractivity contribution in [2.45, 2.75) is 12.5 Å². The number of para-hydroxylation sites is 1. The van der Waals surface area contributed by atoms with E-state index in [9.17, 15) is 4.79 Å². The molecule has 19 heavy (non-hydrogen) atoms. The molecule has 2 rings (SSSR count). The normalized spacial score (nSPS) is 12.5. The smallest absolute Gasteiger partial charge is 0.320 e. The van der Waals surface area contributed by atoms with Crippen LogP contribution >= 0.6 is 0 Å². The van der Waals surface area contributed by atoms with Gasteiger partial charge >= 0.3 is 5.97 Å². The minimum Gasteiger partial charge on any atom is -0.480 e. The molecule has 0 spiro atoms. The van der Waals surface area contributed by atoms with Crippen molar-refractivity contribution in [3.05, 3.63) is 29.8 Å². The number of methoxy groups -OCH3 is 1. The fourth-order valence-electron chi connectivity index (χ4n) is 1.93. The first-order valence-electron chi connectivity index (χ1n) is 5.83. The Labute approximate surface area is 110 Å². The molecule has 0 aliphatic heterocycles. The number of carbonyl (C=O) groups is 1. The predicted octanol–water partition coefficient (Wildman–Crippen LogP) is 1.11. The van der Waals surface area contributed by atoms with Gasteiger partial charge in [-0.2, -0.15) is 0 Å². The van der Waals surface area contributed by atoms with E-state index in [-0.39, 0.29) is 13.2 Å². The van der Waals surface area contributed by atoms with Crippen molar-refractivity contribution >= 4 is 16.9 Å². The van der Waals surface area contributed by atoms with Gasteiger partial charge in [0.1, 0.15) is 6.04 Å². The number of rotatable bonds is 6. The zero-order valence-corrected chi connectivity index (χ0v) is 10.6. The lowest BCUT2D eigenvalue weighted by Gasteiger charge is -2.09. The SMILES string of the molecule is COCOc1[nH]c2ccccc2c1CC(N)C(=O)O. The van der Waals surface area contributed by atoms with Crippen molar-refractivity contribution < 1.29 is 19.4 Å². The maximum atomic E-state index is 10.9. The third-order valence-corrected chi connectivity index (χ3v) is 2.84. The second-order valence-electron chi connectivity index (χ2n) is 4.18. The van der Waals surface area contributed by atoms with E-state index in [0.29, 0.717) is 5.88 Å². The fraction of sp³-hybridized carbons (Fsp3) is 0.308. The Kier molecular flexibility index (Phi) is 4.03. The summed E-state index contributed by atoms with van der Waals surface area (Å²) >= 11 is 0. The van der Waals surface area contributed by atoms with Gasteiger partial charge in [0.25, 0.3) is 0 Å². The average molecular weight is 264 g/mol. The van der Waals surface area contributed by atoms with Gasteiger partial charge in [-0.15, -0.1) is 0 Å². The molecule has 0 saturated heterocycles. The Balaban J connectivity index is 2.39. The van der Waals surface area contributed by atoms with Crippen molar-refractivity contribution in [3.63, 3.8) is 0 Å². The van der Waals surface area contributed by atoms with E-state index in [1.54, 1.807) is 0 Å². The van der Waals surface area contributed by atoms with Crippen LogP contribution in [0.15, 0.2) is 24.3 Å². The van der Waals surface area contributed by atoms with Crippen LogP contribution in [0.4, 0.5) is 0 Å². The third-order valence-electron chi connectivity index (χ3n) is 2.84. The number of carboxylic acid groups (broad SMARTS) is 1. The average Bonchev–Trinajstić information content (AvgIpc) is 2.74. The van der Waals surface area contributed by atoms with E-state index in [2.05, 4.69) is 4.98 Å². The van der Waals surface area contributed by atoms with Gasteiger partial charge in [-0.3, -0.25) is 4.79 Å². The number of hydrogen-bond acceptors (Lipinski definition) is 4. The van der Waals surface area contributed by atoms with E-state index in [4.69, 9.17) is 20.3 Å². The van der Waals surface area contributed by atoms with E-state index >= 15 is 0 Å². The van der Waals surface area contributed by atoms with E-state index in [1.165, 1.54) is 7.11 Å². The maximum Gasteiger partial charge on any atom is 0.320 e. The number of H-pyrrole nitrogens is 1. The first-order valence-corrected chi connectivity index (χ1v) is 5.83. The Morgan fingerprint density at radius 2 is 2.21 bits per heavy atom. The number of aliphatic carboxylic acids is 1. The first-order chi connectivity index (χ1) is 9.13. The Hall–Kier alpha value is -2.05. The molecule has 1 aromatic heterocycles. The molecule has 102 valence electrons. The Bertz CT molecular complexity index is 579. The summed E-state index contributed by atoms with van der Waals surface area (Å²) in [6.07, 6.45) is 0.193. The highest BCUT2D eigenvalue weighted by Gasteiger charge is 2.19.